The highest BCUT2D eigenvalue weighted by Gasteiger charge is 2.40. The molecular weight excluding hydrogens is 190 g/mol. The van der Waals surface area contributed by atoms with Crippen LogP contribution in [0.4, 0.5) is 0 Å². The van der Waals surface area contributed by atoms with Gasteiger partial charge in [-0.2, -0.15) is 0 Å². The van der Waals surface area contributed by atoms with Crippen molar-refractivity contribution in [2.24, 2.45) is 11.8 Å². The van der Waals surface area contributed by atoms with Gasteiger partial charge in [0.25, 0.3) is 0 Å². The number of amides is 1. The molecule has 0 aromatic rings. The summed E-state index contributed by atoms with van der Waals surface area (Å²) in [4.78, 5) is 18.2. The van der Waals surface area contributed by atoms with Crippen molar-refractivity contribution < 1.29 is 4.79 Å². The van der Waals surface area contributed by atoms with Crippen molar-refractivity contribution in [2.45, 2.75) is 0 Å². The van der Waals surface area contributed by atoms with Crippen molar-refractivity contribution in [3.05, 3.63) is 0 Å². The summed E-state index contributed by atoms with van der Waals surface area (Å²) in [5, 5.41) is 0. The molecule has 4 nitrogen and oxygen atoms in total. The van der Waals surface area contributed by atoms with Gasteiger partial charge in [0, 0.05) is 26.2 Å². The normalized spacial score (nSPS) is 31.3. The number of likely N-dealkylation sites (tertiary alicyclic amines) is 2. The average Bonchev–Trinajstić information content (AvgIpc) is 2.58. The second-order valence-corrected chi connectivity index (χ2v) is 5.28. The molecule has 2 aliphatic heterocycles. The monoisotopic (exact) mass is 211 g/mol. The van der Waals surface area contributed by atoms with Crippen LogP contribution >= 0.6 is 0 Å². The minimum Gasteiger partial charge on any atom is -0.341 e. The van der Waals surface area contributed by atoms with E-state index in [-0.39, 0.29) is 5.91 Å². The van der Waals surface area contributed by atoms with Crippen molar-refractivity contribution in [3.63, 3.8) is 0 Å². The molecule has 0 aromatic heterocycles. The van der Waals surface area contributed by atoms with E-state index >= 15 is 0 Å². The quantitative estimate of drug-likeness (QED) is 0.620. The Hall–Kier alpha value is -0.610. The number of nitrogens with zero attached hydrogens (tertiary/aromatic N) is 3. The van der Waals surface area contributed by atoms with E-state index in [9.17, 15) is 4.79 Å². The van der Waals surface area contributed by atoms with Crippen LogP contribution in [0.2, 0.25) is 0 Å². The molecule has 2 fully saturated rings. The van der Waals surface area contributed by atoms with Gasteiger partial charge in [0.05, 0.1) is 6.54 Å². The van der Waals surface area contributed by atoms with Gasteiger partial charge in [0.2, 0.25) is 5.91 Å². The number of hydrogen-bond acceptors (Lipinski definition) is 3. The third-order valence-electron chi connectivity index (χ3n) is 3.47. The Balaban J connectivity index is 1.86. The standard InChI is InChI=1S/C11H21N3O/c1-12(2)8-11(15)14-6-9-4-13(3)5-10(9)7-14/h9-10H,4-8H2,1-3H3/t9-,10+. The highest BCUT2D eigenvalue weighted by molar-refractivity contribution is 5.78. The molecule has 0 unspecified atom stereocenters. The Kier molecular flexibility index (Phi) is 2.98. The van der Waals surface area contributed by atoms with E-state index in [1.165, 1.54) is 0 Å². The summed E-state index contributed by atoms with van der Waals surface area (Å²) in [5.74, 6) is 1.74. The smallest absolute Gasteiger partial charge is 0.236 e. The molecule has 0 N–H and O–H groups in total. The molecule has 86 valence electrons. The Labute approximate surface area is 91.8 Å². The van der Waals surface area contributed by atoms with E-state index in [0.717, 1.165) is 38.0 Å². The first-order valence-electron chi connectivity index (χ1n) is 5.67. The molecule has 2 rings (SSSR count). The van der Waals surface area contributed by atoms with Crippen molar-refractivity contribution in [3.8, 4) is 0 Å². The van der Waals surface area contributed by atoms with E-state index in [2.05, 4.69) is 11.9 Å². The lowest BCUT2D eigenvalue weighted by Gasteiger charge is -2.21. The molecule has 0 bridgehead atoms. The van der Waals surface area contributed by atoms with Gasteiger partial charge in [-0.05, 0) is 33.0 Å². The molecule has 2 heterocycles. The van der Waals surface area contributed by atoms with Crippen LogP contribution in [0.3, 0.4) is 0 Å². The summed E-state index contributed by atoms with van der Waals surface area (Å²) in [6.07, 6.45) is 0. The van der Waals surface area contributed by atoms with Crippen molar-refractivity contribution in [2.75, 3.05) is 53.9 Å². The molecule has 1 amide bonds. The van der Waals surface area contributed by atoms with Gasteiger partial charge in [0.1, 0.15) is 0 Å². The molecule has 2 aliphatic rings. The summed E-state index contributed by atoms with van der Waals surface area (Å²) in [7, 11) is 6.06. The zero-order chi connectivity index (χ0) is 11.0. The fraction of sp³-hybridized carbons (Fsp3) is 0.909. The molecule has 0 saturated carbocycles. The lowest BCUT2D eigenvalue weighted by atomic mass is 10.0. The number of carbonyl (C=O) groups excluding carboxylic acids is 1. The summed E-state index contributed by atoms with van der Waals surface area (Å²) in [6.45, 7) is 4.82. The Morgan fingerprint density at radius 3 is 2.20 bits per heavy atom. The van der Waals surface area contributed by atoms with E-state index < -0.39 is 0 Å². The molecule has 0 aliphatic carbocycles. The zero-order valence-corrected chi connectivity index (χ0v) is 9.94. The third-order valence-corrected chi connectivity index (χ3v) is 3.47. The predicted octanol–water partition coefficient (Wildman–Crippen LogP) is -0.432. The Morgan fingerprint density at radius 1 is 1.20 bits per heavy atom. The van der Waals surface area contributed by atoms with Gasteiger partial charge in [-0.25, -0.2) is 0 Å². The average molecular weight is 211 g/mol. The summed E-state index contributed by atoms with van der Waals surface area (Å²) >= 11 is 0. The van der Waals surface area contributed by atoms with Crippen LogP contribution < -0.4 is 0 Å². The lowest BCUT2D eigenvalue weighted by Crippen LogP contribution is -2.38. The van der Waals surface area contributed by atoms with E-state index in [4.69, 9.17) is 0 Å². The second kappa shape index (κ2) is 4.10. The van der Waals surface area contributed by atoms with Gasteiger partial charge >= 0.3 is 0 Å². The Morgan fingerprint density at radius 2 is 1.73 bits per heavy atom. The van der Waals surface area contributed by atoms with Crippen LogP contribution in [0.15, 0.2) is 0 Å². The number of likely N-dealkylation sites (N-methyl/N-ethyl adjacent to an activating group) is 1. The molecule has 0 radical (unpaired) electrons. The van der Waals surface area contributed by atoms with Gasteiger partial charge in [-0.1, -0.05) is 0 Å². The minimum atomic E-state index is 0.289. The summed E-state index contributed by atoms with van der Waals surface area (Å²) < 4.78 is 0. The molecule has 4 heteroatoms. The van der Waals surface area contributed by atoms with Crippen LogP contribution in [-0.4, -0.2) is 74.5 Å². The maximum Gasteiger partial charge on any atom is 0.236 e. The molecule has 2 saturated heterocycles. The van der Waals surface area contributed by atoms with E-state index in [1.807, 2.05) is 23.9 Å². The molecule has 2 atom stereocenters. The first-order valence-corrected chi connectivity index (χ1v) is 5.67. The molecule has 15 heavy (non-hydrogen) atoms. The van der Waals surface area contributed by atoms with Crippen LogP contribution in [0.1, 0.15) is 0 Å². The summed E-state index contributed by atoms with van der Waals surface area (Å²) in [5.41, 5.74) is 0. The van der Waals surface area contributed by atoms with Crippen LogP contribution in [0.25, 0.3) is 0 Å². The number of fused-ring (bicyclic) bond motifs is 1. The molecule has 0 spiro atoms. The van der Waals surface area contributed by atoms with Gasteiger partial charge < -0.3 is 14.7 Å². The van der Waals surface area contributed by atoms with Crippen LogP contribution in [0.5, 0.6) is 0 Å². The fourth-order valence-corrected chi connectivity index (χ4v) is 2.80. The maximum absolute atomic E-state index is 11.8. The van der Waals surface area contributed by atoms with Gasteiger partial charge in [-0.3, -0.25) is 4.79 Å². The lowest BCUT2D eigenvalue weighted by molar-refractivity contribution is -0.131. The van der Waals surface area contributed by atoms with E-state index in [1.54, 1.807) is 0 Å². The number of carbonyl (C=O) groups is 1. The maximum atomic E-state index is 11.8. The van der Waals surface area contributed by atoms with Crippen molar-refractivity contribution >= 4 is 5.91 Å². The summed E-state index contributed by atoms with van der Waals surface area (Å²) in [6, 6.07) is 0. The topological polar surface area (TPSA) is 26.8 Å². The minimum absolute atomic E-state index is 0.289. The van der Waals surface area contributed by atoms with Crippen molar-refractivity contribution in [1.82, 2.24) is 14.7 Å². The highest BCUT2D eigenvalue weighted by atomic mass is 16.2. The highest BCUT2D eigenvalue weighted by Crippen LogP contribution is 2.29. The predicted molar refractivity (Wildman–Crippen MR) is 59.6 cm³/mol. The number of hydrogen-bond donors (Lipinski definition) is 0. The van der Waals surface area contributed by atoms with Crippen LogP contribution in [-0.2, 0) is 4.79 Å². The zero-order valence-electron chi connectivity index (χ0n) is 9.94. The first kappa shape index (κ1) is 10.9. The van der Waals surface area contributed by atoms with E-state index in [0.29, 0.717) is 6.54 Å². The fourth-order valence-electron chi connectivity index (χ4n) is 2.80. The largest absolute Gasteiger partial charge is 0.341 e. The number of rotatable bonds is 2. The van der Waals surface area contributed by atoms with Gasteiger partial charge in [0.15, 0.2) is 0 Å². The van der Waals surface area contributed by atoms with Crippen LogP contribution in [0, 0.1) is 11.8 Å². The molecular formula is C11H21N3O. The Bertz CT molecular complexity index is 240. The van der Waals surface area contributed by atoms with Gasteiger partial charge in [-0.15, -0.1) is 0 Å². The first-order chi connectivity index (χ1) is 7.06. The second-order valence-electron chi connectivity index (χ2n) is 5.28. The SMILES string of the molecule is CN(C)CC(=O)N1C[C@H]2CN(C)C[C@H]2C1. The van der Waals surface area contributed by atoms with Crippen molar-refractivity contribution in [1.29, 1.82) is 0 Å². The molecule has 0 aromatic carbocycles. The third kappa shape index (κ3) is 2.32.